The molecule has 0 spiro atoms. The number of hydrogen-bond acceptors (Lipinski definition) is 4. The third-order valence-electron chi connectivity index (χ3n) is 3.54. The van der Waals surface area contributed by atoms with Gasteiger partial charge in [-0.15, -0.1) is 0 Å². The highest BCUT2D eigenvalue weighted by Crippen LogP contribution is 2.44. The molecule has 126 valence electrons. The molecule has 0 heterocycles. The molecule has 0 aliphatic heterocycles. The molecule has 0 saturated heterocycles. The van der Waals surface area contributed by atoms with Crippen LogP contribution < -0.4 is 14.2 Å². The SMILES string of the molecule is C=CC(=O)Oc1c(Oc2ccccc2)cc(OC)c2cc(Cl)ccc12. The maximum absolute atomic E-state index is 11.8. The molecule has 0 N–H and O–H groups in total. The summed E-state index contributed by atoms with van der Waals surface area (Å²) < 4.78 is 16.8. The topological polar surface area (TPSA) is 44.8 Å². The van der Waals surface area contributed by atoms with Crippen LogP contribution in [0.2, 0.25) is 5.02 Å². The van der Waals surface area contributed by atoms with Crippen molar-refractivity contribution in [2.45, 2.75) is 0 Å². The summed E-state index contributed by atoms with van der Waals surface area (Å²) in [6, 6.07) is 16.1. The fraction of sp³-hybridized carbons (Fsp3) is 0.0500. The van der Waals surface area contributed by atoms with Gasteiger partial charge in [0.25, 0.3) is 0 Å². The van der Waals surface area contributed by atoms with E-state index in [1.165, 1.54) is 0 Å². The van der Waals surface area contributed by atoms with Crippen LogP contribution in [-0.2, 0) is 4.79 Å². The summed E-state index contributed by atoms with van der Waals surface area (Å²) in [6.45, 7) is 3.44. The van der Waals surface area contributed by atoms with Gasteiger partial charge in [-0.25, -0.2) is 4.79 Å². The van der Waals surface area contributed by atoms with Gasteiger partial charge in [0.1, 0.15) is 11.5 Å². The lowest BCUT2D eigenvalue weighted by atomic mass is 10.1. The molecule has 0 bridgehead atoms. The Morgan fingerprint density at radius 1 is 1.04 bits per heavy atom. The van der Waals surface area contributed by atoms with E-state index in [0.717, 1.165) is 6.08 Å². The van der Waals surface area contributed by atoms with Crippen LogP contribution >= 0.6 is 11.6 Å². The Labute approximate surface area is 150 Å². The minimum Gasteiger partial charge on any atom is -0.496 e. The lowest BCUT2D eigenvalue weighted by Gasteiger charge is -2.16. The van der Waals surface area contributed by atoms with Crippen LogP contribution in [0, 0.1) is 0 Å². The van der Waals surface area contributed by atoms with Gasteiger partial charge in [-0.1, -0.05) is 36.4 Å². The standard InChI is InChI=1S/C20H15ClO4/c1-3-19(22)25-20-15-10-9-13(21)11-16(15)17(23-2)12-18(20)24-14-7-5-4-6-8-14/h3-12H,1H2,2H3. The number of para-hydroxylation sites is 1. The van der Waals surface area contributed by atoms with Gasteiger partial charge in [-0.05, 0) is 30.3 Å². The van der Waals surface area contributed by atoms with Crippen molar-refractivity contribution in [3.8, 4) is 23.0 Å². The second-order valence-corrected chi connectivity index (χ2v) is 5.57. The van der Waals surface area contributed by atoms with Crippen molar-refractivity contribution in [1.82, 2.24) is 0 Å². The fourth-order valence-corrected chi connectivity index (χ4v) is 2.59. The predicted octanol–water partition coefficient (Wildman–Crippen LogP) is 5.39. The fourth-order valence-electron chi connectivity index (χ4n) is 2.42. The van der Waals surface area contributed by atoms with Gasteiger partial charge in [0.15, 0.2) is 11.5 Å². The number of halogens is 1. The van der Waals surface area contributed by atoms with Gasteiger partial charge in [-0.3, -0.25) is 0 Å². The van der Waals surface area contributed by atoms with Gasteiger partial charge in [0.2, 0.25) is 0 Å². The van der Waals surface area contributed by atoms with E-state index in [1.807, 2.05) is 18.2 Å². The monoisotopic (exact) mass is 354 g/mol. The molecule has 0 radical (unpaired) electrons. The third kappa shape index (κ3) is 3.59. The van der Waals surface area contributed by atoms with Crippen molar-refractivity contribution in [1.29, 1.82) is 0 Å². The predicted molar refractivity (Wildman–Crippen MR) is 97.9 cm³/mol. The second-order valence-electron chi connectivity index (χ2n) is 5.14. The Bertz CT molecular complexity index is 935. The number of esters is 1. The Morgan fingerprint density at radius 3 is 2.48 bits per heavy atom. The lowest BCUT2D eigenvalue weighted by molar-refractivity contribution is -0.128. The van der Waals surface area contributed by atoms with Crippen molar-refractivity contribution in [2.75, 3.05) is 7.11 Å². The van der Waals surface area contributed by atoms with Crippen LogP contribution in [0.1, 0.15) is 0 Å². The zero-order valence-electron chi connectivity index (χ0n) is 13.5. The zero-order chi connectivity index (χ0) is 17.8. The molecule has 4 nitrogen and oxygen atoms in total. The average Bonchev–Trinajstić information content (AvgIpc) is 2.64. The Kier molecular flexibility index (Phi) is 4.91. The zero-order valence-corrected chi connectivity index (χ0v) is 14.2. The van der Waals surface area contributed by atoms with Gasteiger partial charge in [0, 0.05) is 27.9 Å². The summed E-state index contributed by atoms with van der Waals surface area (Å²) in [5, 5.41) is 1.90. The molecule has 0 aliphatic carbocycles. The van der Waals surface area contributed by atoms with Crippen LogP contribution in [0.5, 0.6) is 23.0 Å². The second kappa shape index (κ2) is 7.28. The molecule has 0 atom stereocenters. The number of rotatable bonds is 5. The highest BCUT2D eigenvalue weighted by atomic mass is 35.5. The van der Waals surface area contributed by atoms with E-state index in [1.54, 1.807) is 43.5 Å². The molecule has 0 aromatic heterocycles. The van der Waals surface area contributed by atoms with E-state index in [2.05, 4.69) is 6.58 Å². The molecular weight excluding hydrogens is 340 g/mol. The summed E-state index contributed by atoms with van der Waals surface area (Å²) in [7, 11) is 1.55. The number of hydrogen-bond donors (Lipinski definition) is 0. The maximum Gasteiger partial charge on any atom is 0.335 e. The summed E-state index contributed by atoms with van der Waals surface area (Å²) >= 11 is 6.09. The van der Waals surface area contributed by atoms with Crippen molar-refractivity contribution < 1.29 is 19.0 Å². The van der Waals surface area contributed by atoms with Crippen LogP contribution in [0.4, 0.5) is 0 Å². The number of benzene rings is 3. The quantitative estimate of drug-likeness (QED) is 0.350. The van der Waals surface area contributed by atoms with Crippen LogP contribution in [-0.4, -0.2) is 13.1 Å². The van der Waals surface area contributed by atoms with Crippen molar-refractivity contribution in [2.24, 2.45) is 0 Å². The number of carbonyl (C=O) groups is 1. The molecular formula is C20H15ClO4. The Hall–Kier alpha value is -2.98. The molecule has 0 amide bonds. The van der Waals surface area contributed by atoms with Crippen molar-refractivity contribution in [3.63, 3.8) is 0 Å². The van der Waals surface area contributed by atoms with Gasteiger partial charge >= 0.3 is 5.97 Å². The third-order valence-corrected chi connectivity index (χ3v) is 3.77. The highest BCUT2D eigenvalue weighted by molar-refractivity contribution is 6.31. The molecule has 3 aromatic carbocycles. The first-order valence-electron chi connectivity index (χ1n) is 7.49. The Balaban J connectivity index is 2.22. The number of fused-ring (bicyclic) bond motifs is 1. The van der Waals surface area contributed by atoms with E-state index in [4.69, 9.17) is 25.8 Å². The van der Waals surface area contributed by atoms with Gasteiger partial charge in [0.05, 0.1) is 7.11 Å². The summed E-state index contributed by atoms with van der Waals surface area (Å²) in [5.74, 6) is 1.21. The van der Waals surface area contributed by atoms with E-state index >= 15 is 0 Å². The summed E-state index contributed by atoms with van der Waals surface area (Å²) in [6.07, 6.45) is 1.10. The van der Waals surface area contributed by atoms with Crippen LogP contribution in [0.3, 0.4) is 0 Å². The summed E-state index contributed by atoms with van der Waals surface area (Å²) in [4.78, 5) is 11.8. The van der Waals surface area contributed by atoms with Gasteiger partial charge in [-0.2, -0.15) is 0 Å². The molecule has 0 fully saturated rings. The van der Waals surface area contributed by atoms with Crippen LogP contribution in [0.25, 0.3) is 10.8 Å². The minimum atomic E-state index is -0.584. The lowest BCUT2D eigenvalue weighted by Crippen LogP contribution is -2.05. The molecule has 0 saturated carbocycles. The van der Waals surface area contributed by atoms with Crippen LogP contribution in [0.15, 0.2) is 67.3 Å². The smallest absolute Gasteiger partial charge is 0.335 e. The molecule has 0 aliphatic rings. The highest BCUT2D eigenvalue weighted by Gasteiger charge is 2.18. The number of carbonyl (C=O) groups excluding carboxylic acids is 1. The minimum absolute atomic E-state index is 0.279. The van der Waals surface area contributed by atoms with E-state index in [-0.39, 0.29) is 5.75 Å². The molecule has 0 unspecified atom stereocenters. The normalized spacial score (nSPS) is 10.3. The molecule has 5 heteroatoms. The largest absolute Gasteiger partial charge is 0.496 e. The van der Waals surface area contributed by atoms with Crippen molar-refractivity contribution >= 4 is 28.3 Å². The van der Waals surface area contributed by atoms with E-state index in [0.29, 0.717) is 33.0 Å². The van der Waals surface area contributed by atoms with Crippen molar-refractivity contribution in [3.05, 3.63) is 72.3 Å². The number of methoxy groups -OCH3 is 1. The first-order chi connectivity index (χ1) is 12.1. The number of ether oxygens (including phenoxy) is 3. The first kappa shape index (κ1) is 16.9. The molecule has 3 aromatic rings. The molecule has 25 heavy (non-hydrogen) atoms. The molecule has 3 rings (SSSR count). The maximum atomic E-state index is 11.8. The van der Waals surface area contributed by atoms with E-state index < -0.39 is 5.97 Å². The average molecular weight is 355 g/mol. The first-order valence-corrected chi connectivity index (χ1v) is 7.87. The van der Waals surface area contributed by atoms with E-state index in [9.17, 15) is 4.79 Å². The summed E-state index contributed by atoms with van der Waals surface area (Å²) in [5.41, 5.74) is 0. The van der Waals surface area contributed by atoms with Gasteiger partial charge < -0.3 is 14.2 Å². The Morgan fingerprint density at radius 2 is 1.80 bits per heavy atom.